The Morgan fingerprint density at radius 2 is 1.78 bits per heavy atom. The highest BCUT2D eigenvalue weighted by molar-refractivity contribution is 5.55. The Morgan fingerprint density at radius 3 is 2.39 bits per heavy atom. The molecule has 1 atom stereocenters. The molecule has 1 saturated heterocycles. The van der Waals surface area contributed by atoms with Gasteiger partial charge in [0.1, 0.15) is 0 Å². The summed E-state index contributed by atoms with van der Waals surface area (Å²) < 4.78 is 42.9. The minimum Gasteiger partial charge on any atom is -0.379 e. The summed E-state index contributed by atoms with van der Waals surface area (Å²) >= 11 is 0. The molecule has 1 fully saturated rings. The zero-order valence-corrected chi connectivity index (χ0v) is 9.65. The van der Waals surface area contributed by atoms with Crippen LogP contribution >= 0.6 is 0 Å². The van der Waals surface area contributed by atoms with Crippen LogP contribution in [0.2, 0.25) is 0 Å². The molecule has 18 heavy (non-hydrogen) atoms. The first kappa shape index (κ1) is 13.2. The molecule has 0 aromatic heterocycles. The van der Waals surface area contributed by atoms with Crippen molar-refractivity contribution < 1.29 is 23.0 Å². The number of rotatable bonds is 2. The fourth-order valence-corrected chi connectivity index (χ4v) is 1.99. The molecule has 1 aromatic rings. The van der Waals surface area contributed by atoms with Crippen LogP contribution in [-0.4, -0.2) is 37.6 Å². The van der Waals surface area contributed by atoms with Gasteiger partial charge < -0.3 is 14.7 Å². The highest BCUT2D eigenvalue weighted by Gasteiger charge is 2.41. The predicted molar refractivity (Wildman–Crippen MR) is 60.5 cm³/mol. The lowest BCUT2D eigenvalue weighted by Crippen LogP contribution is -2.37. The second-order valence-corrected chi connectivity index (χ2v) is 4.10. The molecule has 0 saturated carbocycles. The number of alkyl halides is 3. The van der Waals surface area contributed by atoms with Gasteiger partial charge in [0, 0.05) is 24.3 Å². The first-order valence-electron chi connectivity index (χ1n) is 5.66. The standard InChI is InChI=1S/C12H14F3NO2/c13-12(14,15)11(17)9-3-1-2-4-10(9)16-5-7-18-8-6-16/h1-4,11,17H,5-8H2. The Kier molecular flexibility index (Phi) is 3.77. The van der Waals surface area contributed by atoms with E-state index >= 15 is 0 Å². The number of hydrogen-bond acceptors (Lipinski definition) is 3. The molecule has 1 N–H and O–H groups in total. The number of aliphatic hydroxyl groups is 1. The highest BCUT2D eigenvalue weighted by Crippen LogP contribution is 2.37. The molecule has 0 radical (unpaired) electrons. The molecular weight excluding hydrogens is 247 g/mol. The molecule has 1 unspecified atom stereocenters. The minimum absolute atomic E-state index is 0.105. The van der Waals surface area contributed by atoms with Crippen molar-refractivity contribution in [3.05, 3.63) is 29.8 Å². The summed E-state index contributed by atoms with van der Waals surface area (Å²) in [7, 11) is 0. The average Bonchev–Trinajstić information content (AvgIpc) is 2.38. The largest absolute Gasteiger partial charge is 0.418 e. The lowest BCUT2D eigenvalue weighted by molar-refractivity contribution is -0.206. The van der Waals surface area contributed by atoms with Crippen LogP contribution in [0.25, 0.3) is 0 Å². The number of aliphatic hydroxyl groups excluding tert-OH is 1. The predicted octanol–water partition coefficient (Wildman–Crippen LogP) is 2.12. The molecule has 0 spiro atoms. The van der Waals surface area contributed by atoms with Gasteiger partial charge in [0.25, 0.3) is 0 Å². The Balaban J connectivity index is 2.30. The minimum atomic E-state index is -4.65. The maximum atomic E-state index is 12.6. The van der Waals surface area contributed by atoms with Crippen LogP contribution in [0.1, 0.15) is 11.7 Å². The molecule has 6 heteroatoms. The van der Waals surface area contributed by atoms with Crippen LogP contribution in [0, 0.1) is 0 Å². The number of anilines is 1. The Labute approximate surface area is 103 Å². The van der Waals surface area contributed by atoms with Gasteiger partial charge in [0.05, 0.1) is 13.2 Å². The van der Waals surface area contributed by atoms with Gasteiger partial charge in [-0.05, 0) is 6.07 Å². The Hall–Kier alpha value is -1.27. The van der Waals surface area contributed by atoms with E-state index < -0.39 is 12.3 Å². The number of ether oxygens (including phenoxy) is 1. The van der Waals surface area contributed by atoms with Crippen LogP contribution < -0.4 is 4.90 Å². The third-order valence-electron chi connectivity index (χ3n) is 2.89. The van der Waals surface area contributed by atoms with E-state index in [0.29, 0.717) is 32.0 Å². The summed E-state index contributed by atoms with van der Waals surface area (Å²) in [4.78, 5) is 1.80. The molecule has 1 aliphatic heterocycles. The van der Waals surface area contributed by atoms with Crippen molar-refractivity contribution in [3.63, 3.8) is 0 Å². The molecule has 100 valence electrons. The highest BCUT2D eigenvalue weighted by atomic mass is 19.4. The van der Waals surface area contributed by atoms with Gasteiger partial charge in [-0.15, -0.1) is 0 Å². The Morgan fingerprint density at radius 1 is 1.17 bits per heavy atom. The molecular formula is C12H14F3NO2. The monoisotopic (exact) mass is 261 g/mol. The summed E-state index contributed by atoms with van der Waals surface area (Å²) in [6.45, 7) is 2.02. The summed E-state index contributed by atoms with van der Waals surface area (Å²) in [5.74, 6) is 0. The van der Waals surface area contributed by atoms with Crippen molar-refractivity contribution in [2.24, 2.45) is 0 Å². The van der Waals surface area contributed by atoms with Gasteiger partial charge in [-0.3, -0.25) is 0 Å². The van der Waals surface area contributed by atoms with Crippen LogP contribution in [-0.2, 0) is 4.74 Å². The van der Waals surface area contributed by atoms with E-state index in [9.17, 15) is 18.3 Å². The molecule has 2 rings (SSSR count). The summed E-state index contributed by atoms with van der Waals surface area (Å²) in [6, 6.07) is 6.06. The smallest absolute Gasteiger partial charge is 0.379 e. The van der Waals surface area contributed by atoms with Gasteiger partial charge >= 0.3 is 6.18 Å². The number of hydrogen-bond donors (Lipinski definition) is 1. The van der Waals surface area contributed by atoms with Crippen molar-refractivity contribution in [3.8, 4) is 0 Å². The van der Waals surface area contributed by atoms with Crippen LogP contribution in [0.3, 0.4) is 0 Å². The zero-order valence-electron chi connectivity index (χ0n) is 9.65. The zero-order chi connectivity index (χ0) is 13.2. The first-order valence-corrected chi connectivity index (χ1v) is 5.66. The lowest BCUT2D eigenvalue weighted by Gasteiger charge is -2.31. The molecule has 0 amide bonds. The average molecular weight is 261 g/mol. The second kappa shape index (κ2) is 5.16. The van der Waals surface area contributed by atoms with E-state index in [4.69, 9.17) is 4.74 Å². The summed E-state index contributed by atoms with van der Waals surface area (Å²) in [5.41, 5.74) is 0.317. The number of nitrogens with zero attached hydrogens (tertiary/aromatic N) is 1. The molecule has 1 aromatic carbocycles. The normalized spacial score (nSPS) is 18.8. The van der Waals surface area contributed by atoms with Gasteiger partial charge in [-0.2, -0.15) is 13.2 Å². The number of para-hydroxylation sites is 1. The third-order valence-corrected chi connectivity index (χ3v) is 2.89. The fraction of sp³-hybridized carbons (Fsp3) is 0.500. The van der Waals surface area contributed by atoms with Crippen LogP contribution in [0.15, 0.2) is 24.3 Å². The molecule has 1 heterocycles. The maximum absolute atomic E-state index is 12.6. The van der Waals surface area contributed by atoms with E-state index in [2.05, 4.69) is 0 Å². The van der Waals surface area contributed by atoms with Gasteiger partial charge in [-0.25, -0.2) is 0 Å². The van der Waals surface area contributed by atoms with Gasteiger partial charge in [0.2, 0.25) is 0 Å². The Bertz CT molecular complexity index is 403. The maximum Gasteiger partial charge on any atom is 0.418 e. The van der Waals surface area contributed by atoms with E-state index in [1.807, 2.05) is 0 Å². The lowest BCUT2D eigenvalue weighted by atomic mass is 10.1. The fourth-order valence-electron chi connectivity index (χ4n) is 1.99. The summed E-state index contributed by atoms with van der Waals surface area (Å²) in [6.07, 6.45) is -7.10. The molecule has 3 nitrogen and oxygen atoms in total. The van der Waals surface area contributed by atoms with E-state index in [-0.39, 0.29) is 5.56 Å². The van der Waals surface area contributed by atoms with E-state index in [0.717, 1.165) is 0 Å². The number of halogens is 3. The molecule has 0 aliphatic carbocycles. The van der Waals surface area contributed by atoms with E-state index in [1.54, 1.807) is 17.0 Å². The van der Waals surface area contributed by atoms with Crippen molar-refractivity contribution in [1.82, 2.24) is 0 Å². The van der Waals surface area contributed by atoms with Crippen molar-refractivity contribution in [1.29, 1.82) is 0 Å². The van der Waals surface area contributed by atoms with Gasteiger partial charge in [0.15, 0.2) is 6.10 Å². The van der Waals surface area contributed by atoms with Crippen LogP contribution in [0.5, 0.6) is 0 Å². The summed E-state index contributed by atoms with van der Waals surface area (Å²) in [5, 5.41) is 9.39. The first-order chi connectivity index (χ1) is 8.50. The number of benzene rings is 1. The number of morpholine rings is 1. The van der Waals surface area contributed by atoms with Gasteiger partial charge in [-0.1, -0.05) is 18.2 Å². The molecule has 0 bridgehead atoms. The second-order valence-electron chi connectivity index (χ2n) is 4.10. The quantitative estimate of drug-likeness (QED) is 0.885. The van der Waals surface area contributed by atoms with Crippen molar-refractivity contribution in [2.45, 2.75) is 12.3 Å². The van der Waals surface area contributed by atoms with Crippen molar-refractivity contribution >= 4 is 5.69 Å². The SMILES string of the molecule is OC(c1ccccc1N1CCOCC1)C(F)(F)F. The van der Waals surface area contributed by atoms with Crippen molar-refractivity contribution in [2.75, 3.05) is 31.2 Å². The van der Waals surface area contributed by atoms with Crippen LogP contribution in [0.4, 0.5) is 18.9 Å². The molecule has 1 aliphatic rings. The van der Waals surface area contributed by atoms with E-state index in [1.165, 1.54) is 12.1 Å². The third kappa shape index (κ3) is 2.76. The topological polar surface area (TPSA) is 32.7 Å².